The summed E-state index contributed by atoms with van der Waals surface area (Å²) in [5.74, 6) is 0.544. The van der Waals surface area contributed by atoms with Gasteiger partial charge in [-0.05, 0) is 30.2 Å². The summed E-state index contributed by atoms with van der Waals surface area (Å²) in [5, 5.41) is 17.5. The highest BCUT2D eigenvalue weighted by atomic mass is 32.1. The molecule has 0 atom stereocenters. The lowest BCUT2D eigenvalue weighted by Gasteiger charge is -2.09. The van der Waals surface area contributed by atoms with Gasteiger partial charge in [0.25, 0.3) is 0 Å². The van der Waals surface area contributed by atoms with Gasteiger partial charge in [0, 0.05) is 0 Å². The van der Waals surface area contributed by atoms with E-state index in [0.717, 1.165) is 17.7 Å². The Bertz CT molecular complexity index is 760. The van der Waals surface area contributed by atoms with Crippen LogP contribution in [-0.2, 0) is 13.0 Å². The Morgan fingerprint density at radius 3 is 2.71 bits per heavy atom. The highest BCUT2D eigenvalue weighted by Gasteiger charge is 2.16. The van der Waals surface area contributed by atoms with Crippen LogP contribution in [0.3, 0.4) is 0 Å². The fourth-order valence-corrected chi connectivity index (χ4v) is 2.49. The molecule has 0 bridgehead atoms. The van der Waals surface area contributed by atoms with E-state index in [1.807, 2.05) is 29.8 Å². The van der Waals surface area contributed by atoms with Gasteiger partial charge in [-0.15, -0.1) is 22.8 Å². The Kier molecular flexibility index (Phi) is 3.74. The molecule has 0 saturated carbocycles. The minimum Gasteiger partial charge on any atom is -0.226 e. The quantitative estimate of drug-likeness (QED) is 0.752. The van der Waals surface area contributed by atoms with E-state index in [0.29, 0.717) is 17.4 Å². The first-order valence-electron chi connectivity index (χ1n) is 6.88. The summed E-state index contributed by atoms with van der Waals surface area (Å²) in [6.45, 7) is 4.77. The maximum absolute atomic E-state index is 4.59. The number of tetrazole rings is 1. The second kappa shape index (κ2) is 5.69. The third-order valence-electron chi connectivity index (χ3n) is 3.32. The van der Waals surface area contributed by atoms with Gasteiger partial charge in [0.15, 0.2) is 0 Å². The molecule has 1 aromatic carbocycles. The number of benzene rings is 1. The molecule has 0 N–H and O–H groups in total. The molecule has 6 nitrogen and oxygen atoms in total. The average Bonchev–Trinajstić information content (AvgIpc) is 3.13. The van der Waals surface area contributed by atoms with E-state index >= 15 is 0 Å². The number of hydrogen-bond donors (Lipinski definition) is 1. The number of aryl methyl sites for hydroxylation is 2. The average molecular weight is 300 g/mol. The van der Waals surface area contributed by atoms with Crippen molar-refractivity contribution in [1.29, 1.82) is 0 Å². The van der Waals surface area contributed by atoms with Crippen molar-refractivity contribution in [2.24, 2.45) is 0 Å². The third kappa shape index (κ3) is 2.44. The van der Waals surface area contributed by atoms with Crippen LogP contribution in [0.25, 0.3) is 17.1 Å². The van der Waals surface area contributed by atoms with Crippen LogP contribution in [0.15, 0.2) is 35.5 Å². The molecule has 108 valence electrons. The fraction of sp³-hybridized carbons (Fsp3) is 0.286. The highest BCUT2D eigenvalue weighted by molar-refractivity contribution is 7.80. The highest BCUT2D eigenvalue weighted by Crippen LogP contribution is 2.26. The van der Waals surface area contributed by atoms with Crippen LogP contribution in [0.5, 0.6) is 0 Å². The molecule has 0 aliphatic rings. The van der Waals surface area contributed by atoms with Crippen LogP contribution < -0.4 is 0 Å². The molecule has 0 unspecified atom stereocenters. The summed E-state index contributed by atoms with van der Waals surface area (Å²) < 4.78 is 1.81. The predicted molar refractivity (Wildman–Crippen MR) is 82.7 cm³/mol. The first-order valence-corrected chi connectivity index (χ1v) is 7.32. The van der Waals surface area contributed by atoms with Crippen molar-refractivity contribution in [3.05, 3.63) is 36.0 Å². The SMILES string of the molecule is CCc1ccccc1-n1ncc(-c2nnn(CC)n2)c1S. The summed E-state index contributed by atoms with van der Waals surface area (Å²) >= 11 is 4.59. The maximum atomic E-state index is 4.59. The number of para-hydroxylation sites is 1. The van der Waals surface area contributed by atoms with Gasteiger partial charge in [0.05, 0.1) is 24.0 Å². The van der Waals surface area contributed by atoms with E-state index in [9.17, 15) is 0 Å². The van der Waals surface area contributed by atoms with Crippen molar-refractivity contribution >= 4 is 12.6 Å². The first kappa shape index (κ1) is 13.8. The van der Waals surface area contributed by atoms with Crippen molar-refractivity contribution in [3.8, 4) is 17.1 Å². The molecule has 3 aromatic rings. The standard InChI is InChI=1S/C14H16N6S/c1-3-10-7-5-6-8-12(10)20-14(21)11(9-15-20)13-16-18-19(4-2)17-13/h5-9,21H,3-4H2,1-2H3. The predicted octanol–water partition coefficient (Wildman–Crippen LogP) is 2.40. The van der Waals surface area contributed by atoms with Crippen molar-refractivity contribution in [3.63, 3.8) is 0 Å². The van der Waals surface area contributed by atoms with Crippen molar-refractivity contribution < 1.29 is 0 Å². The van der Waals surface area contributed by atoms with Gasteiger partial charge >= 0.3 is 0 Å². The molecule has 7 heteroatoms. The molecule has 0 fully saturated rings. The van der Waals surface area contributed by atoms with E-state index in [-0.39, 0.29) is 0 Å². The van der Waals surface area contributed by atoms with E-state index in [4.69, 9.17) is 0 Å². The van der Waals surface area contributed by atoms with Crippen molar-refractivity contribution in [1.82, 2.24) is 30.0 Å². The first-order chi connectivity index (χ1) is 10.2. The molecular formula is C14H16N6S. The van der Waals surface area contributed by atoms with Crippen LogP contribution in [0, 0.1) is 0 Å². The molecule has 2 heterocycles. The maximum Gasteiger partial charge on any atom is 0.209 e. The zero-order valence-electron chi connectivity index (χ0n) is 11.9. The van der Waals surface area contributed by atoms with Crippen LogP contribution >= 0.6 is 12.6 Å². The third-order valence-corrected chi connectivity index (χ3v) is 3.75. The van der Waals surface area contributed by atoms with Gasteiger partial charge in [-0.2, -0.15) is 9.90 Å². The molecule has 0 spiro atoms. The summed E-state index contributed by atoms with van der Waals surface area (Å²) in [4.78, 5) is 1.54. The summed E-state index contributed by atoms with van der Waals surface area (Å²) in [6, 6.07) is 8.15. The number of rotatable bonds is 4. The minimum absolute atomic E-state index is 0.544. The molecule has 0 aliphatic heterocycles. The number of nitrogens with zero attached hydrogens (tertiary/aromatic N) is 6. The molecule has 0 aliphatic carbocycles. The molecule has 0 amide bonds. The van der Waals surface area contributed by atoms with Gasteiger partial charge in [-0.1, -0.05) is 25.1 Å². The molecular weight excluding hydrogens is 284 g/mol. The number of thiol groups is 1. The fourth-order valence-electron chi connectivity index (χ4n) is 2.18. The normalized spacial score (nSPS) is 11.0. The van der Waals surface area contributed by atoms with Gasteiger partial charge in [-0.3, -0.25) is 0 Å². The Hall–Kier alpha value is -2.15. The Balaban J connectivity index is 2.07. The van der Waals surface area contributed by atoms with Crippen LogP contribution in [-0.4, -0.2) is 30.0 Å². The molecule has 0 saturated heterocycles. The zero-order valence-corrected chi connectivity index (χ0v) is 12.8. The van der Waals surface area contributed by atoms with Gasteiger partial charge in [0.2, 0.25) is 5.82 Å². The van der Waals surface area contributed by atoms with Gasteiger partial charge < -0.3 is 0 Å². The zero-order chi connectivity index (χ0) is 14.8. The van der Waals surface area contributed by atoms with Crippen molar-refractivity contribution in [2.75, 3.05) is 0 Å². The van der Waals surface area contributed by atoms with Crippen LogP contribution in [0.1, 0.15) is 19.4 Å². The van der Waals surface area contributed by atoms with Gasteiger partial charge in [0.1, 0.15) is 5.03 Å². The summed E-state index contributed by atoms with van der Waals surface area (Å²) in [7, 11) is 0. The monoisotopic (exact) mass is 300 g/mol. The summed E-state index contributed by atoms with van der Waals surface area (Å²) in [5.41, 5.74) is 3.02. The summed E-state index contributed by atoms with van der Waals surface area (Å²) in [6.07, 6.45) is 2.66. The topological polar surface area (TPSA) is 61.4 Å². The molecule has 3 rings (SSSR count). The van der Waals surface area contributed by atoms with E-state index in [1.54, 1.807) is 11.0 Å². The lowest BCUT2D eigenvalue weighted by molar-refractivity contribution is 0.552. The van der Waals surface area contributed by atoms with Crippen molar-refractivity contribution in [2.45, 2.75) is 31.8 Å². The number of aromatic nitrogens is 6. The van der Waals surface area contributed by atoms with Crippen LogP contribution in [0.2, 0.25) is 0 Å². The van der Waals surface area contributed by atoms with E-state index in [2.05, 4.69) is 46.1 Å². The van der Waals surface area contributed by atoms with E-state index < -0.39 is 0 Å². The molecule has 21 heavy (non-hydrogen) atoms. The lowest BCUT2D eigenvalue weighted by atomic mass is 10.1. The van der Waals surface area contributed by atoms with E-state index in [1.165, 1.54) is 5.56 Å². The van der Waals surface area contributed by atoms with Crippen LogP contribution in [0.4, 0.5) is 0 Å². The number of hydrogen-bond acceptors (Lipinski definition) is 5. The Morgan fingerprint density at radius 2 is 2.00 bits per heavy atom. The lowest BCUT2D eigenvalue weighted by Crippen LogP contribution is -2.01. The second-order valence-corrected chi connectivity index (χ2v) is 5.00. The Labute approximate surface area is 128 Å². The largest absolute Gasteiger partial charge is 0.226 e. The smallest absolute Gasteiger partial charge is 0.209 e. The second-order valence-electron chi connectivity index (χ2n) is 4.58. The molecule has 0 radical (unpaired) electrons. The minimum atomic E-state index is 0.544. The Morgan fingerprint density at radius 1 is 1.19 bits per heavy atom. The molecule has 2 aromatic heterocycles. The van der Waals surface area contributed by atoms with Gasteiger partial charge in [-0.25, -0.2) is 4.68 Å².